The summed E-state index contributed by atoms with van der Waals surface area (Å²) < 4.78 is 2.87. The number of imidazole rings is 1. The molecule has 0 saturated carbocycles. The molecule has 0 unspecified atom stereocenters. The summed E-state index contributed by atoms with van der Waals surface area (Å²) in [7, 11) is 0. The smallest absolute Gasteiger partial charge is 0.226 e. The van der Waals surface area contributed by atoms with Gasteiger partial charge in [0, 0.05) is 22.5 Å². The highest BCUT2D eigenvalue weighted by atomic mass is 79.9. The van der Waals surface area contributed by atoms with Gasteiger partial charge >= 0.3 is 0 Å². The molecule has 0 saturated heterocycles. The average Bonchev–Trinajstić information content (AvgIpc) is 3.05. The van der Waals surface area contributed by atoms with Gasteiger partial charge in [0.15, 0.2) is 0 Å². The van der Waals surface area contributed by atoms with E-state index < -0.39 is 0 Å². The first kappa shape index (κ1) is 15.6. The van der Waals surface area contributed by atoms with Crippen LogP contribution in [0.1, 0.15) is 29.2 Å². The topological polar surface area (TPSA) is 70.7 Å². The van der Waals surface area contributed by atoms with Gasteiger partial charge in [-0.1, -0.05) is 28.1 Å². The van der Waals surface area contributed by atoms with Gasteiger partial charge in [-0.15, -0.1) is 0 Å². The highest BCUT2D eigenvalue weighted by molar-refractivity contribution is 9.10. The first-order valence-corrected chi connectivity index (χ1v) is 8.58. The lowest BCUT2D eigenvalue weighted by Crippen LogP contribution is -2.24. The standard InChI is InChI=1S/C19H13BrN4O/c20-14-5-7-15(8-6-14)24-11-22-18-16(9-17(25)23-19(18)24)13-3-1-12(10-21)2-4-13/h1-8,11,16H,9H2,(H,23,25)/t16-/m1/s1. The average molecular weight is 393 g/mol. The maximum Gasteiger partial charge on any atom is 0.226 e. The second-order valence-corrected chi connectivity index (χ2v) is 6.78. The van der Waals surface area contributed by atoms with Gasteiger partial charge in [0.2, 0.25) is 5.91 Å². The molecule has 6 heteroatoms. The number of nitrogens with one attached hydrogen (secondary N) is 1. The molecule has 3 aromatic rings. The number of carbonyl (C=O) groups excluding carboxylic acids is 1. The van der Waals surface area contributed by atoms with Crippen LogP contribution in [-0.4, -0.2) is 15.5 Å². The number of nitriles is 1. The van der Waals surface area contributed by atoms with Crippen LogP contribution in [0.25, 0.3) is 5.69 Å². The first-order valence-electron chi connectivity index (χ1n) is 7.79. The van der Waals surface area contributed by atoms with Crippen molar-refractivity contribution in [1.82, 2.24) is 9.55 Å². The normalized spacial score (nSPS) is 16.0. The molecule has 0 bridgehead atoms. The zero-order valence-electron chi connectivity index (χ0n) is 13.1. The highest BCUT2D eigenvalue weighted by Crippen LogP contribution is 2.37. The summed E-state index contributed by atoms with van der Waals surface area (Å²) in [5.41, 5.74) is 3.35. The number of carbonyl (C=O) groups is 1. The molecule has 1 amide bonds. The number of hydrogen-bond acceptors (Lipinski definition) is 3. The maximum absolute atomic E-state index is 12.3. The van der Waals surface area contributed by atoms with Crippen molar-refractivity contribution in [3.05, 3.63) is 76.2 Å². The molecule has 2 aromatic carbocycles. The fraction of sp³-hybridized carbons (Fsp3) is 0.105. The van der Waals surface area contributed by atoms with E-state index in [0.717, 1.165) is 21.4 Å². The van der Waals surface area contributed by atoms with Crippen LogP contribution in [0.5, 0.6) is 0 Å². The first-order chi connectivity index (χ1) is 12.2. The Balaban J connectivity index is 1.78. The monoisotopic (exact) mass is 392 g/mol. The molecule has 1 aliphatic rings. The fourth-order valence-electron chi connectivity index (χ4n) is 3.07. The van der Waals surface area contributed by atoms with Gasteiger partial charge in [0.1, 0.15) is 12.1 Å². The number of benzene rings is 2. The molecule has 0 spiro atoms. The van der Waals surface area contributed by atoms with E-state index in [1.54, 1.807) is 18.5 Å². The van der Waals surface area contributed by atoms with Crippen LogP contribution in [0.2, 0.25) is 0 Å². The van der Waals surface area contributed by atoms with Gasteiger partial charge in [-0.3, -0.25) is 9.36 Å². The van der Waals surface area contributed by atoms with Crippen LogP contribution in [0, 0.1) is 11.3 Å². The summed E-state index contributed by atoms with van der Waals surface area (Å²) in [5.74, 6) is 0.543. The lowest BCUT2D eigenvalue weighted by Gasteiger charge is -2.23. The molecular formula is C19H13BrN4O. The van der Waals surface area contributed by atoms with E-state index in [1.807, 2.05) is 41.0 Å². The van der Waals surface area contributed by atoms with Crippen LogP contribution < -0.4 is 5.32 Å². The van der Waals surface area contributed by atoms with E-state index in [1.165, 1.54) is 0 Å². The minimum atomic E-state index is -0.117. The molecule has 0 radical (unpaired) electrons. The number of hydrogen-bond donors (Lipinski definition) is 1. The molecule has 0 aliphatic carbocycles. The lowest BCUT2D eigenvalue weighted by atomic mass is 9.89. The van der Waals surface area contributed by atoms with Crippen LogP contribution in [0.4, 0.5) is 5.82 Å². The van der Waals surface area contributed by atoms with Gasteiger partial charge in [-0.2, -0.15) is 5.26 Å². The Labute approximate surface area is 153 Å². The van der Waals surface area contributed by atoms with Crippen molar-refractivity contribution in [2.45, 2.75) is 12.3 Å². The molecule has 1 aromatic heterocycles. The van der Waals surface area contributed by atoms with Crippen molar-refractivity contribution in [1.29, 1.82) is 5.26 Å². The third kappa shape index (κ3) is 2.83. The predicted octanol–water partition coefficient (Wildman–Crippen LogP) is 3.98. The Morgan fingerprint density at radius 2 is 1.88 bits per heavy atom. The molecule has 25 heavy (non-hydrogen) atoms. The van der Waals surface area contributed by atoms with Gasteiger partial charge in [0.25, 0.3) is 0 Å². The number of anilines is 1. The zero-order valence-corrected chi connectivity index (χ0v) is 14.7. The van der Waals surface area contributed by atoms with E-state index in [2.05, 4.69) is 32.3 Å². The van der Waals surface area contributed by atoms with E-state index in [9.17, 15) is 4.79 Å². The van der Waals surface area contributed by atoms with Gasteiger partial charge in [-0.25, -0.2) is 4.98 Å². The number of nitrogens with zero attached hydrogens (tertiary/aromatic N) is 3. The summed E-state index contributed by atoms with van der Waals surface area (Å²) in [4.78, 5) is 16.8. The largest absolute Gasteiger partial charge is 0.310 e. The van der Waals surface area contributed by atoms with Crippen LogP contribution in [0.15, 0.2) is 59.3 Å². The minimum Gasteiger partial charge on any atom is -0.310 e. The maximum atomic E-state index is 12.3. The zero-order chi connectivity index (χ0) is 17.4. The Hall–Kier alpha value is -2.91. The van der Waals surface area contributed by atoms with E-state index >= 15 is 0 Å². The molecule has 1 aliphatic heterocycles. The van der Waals surface area contributed by atoms with Crippen molar-refractivity contribution in [2.75, 3.05) is 5.32 Å². The van der Waals surface area contributed by atoms with E-state index in [-0.39, 0.29) is 11.8 Å². The molecule has 2 heterocycles. The van der Waals surface area contributed by atoms with Crippen LogP contribution in [-0.2, 0) is 4.79 Å². The quantitative estimate of drug-likeness (QED) is 0.716. The van der Waals surface area contributed by atoms with Gasteiger partial charge in [0.05, 0.1) is 17.3 Å². The molecule has 4 rings (SSSR count). The van der Waals surface area contributed by atoms with Crippen molar-refractivity contribution >= 4 is 27.7 Å². The number of rotatable bonds is 2. The summed E-state index contributed by atoms with van der Waals surface area (Å²) >= 11 is 3.43. The Morgan fingerprint density at radius 1 is 1.16 bits per heavy atom. The van der Waals surface area contributed by atoms with Gasteiger partial charge < -0.3 is 5.32 Å². The van der Waals surface area contributed by atoms with Crippen molar-refractivity contribution in [2.24, 2.45) is 0 Å². The number of halogens is 1. The summed E-state index contributed by atoms with van der Waals surface area (Å²) in [6, 6.07) is 17.3. The summed E-state index contributed by atoms with van der Waals surface area (Å²) in [6.45, 7) is 0. The van der Waals surface area contributed by atoms with Crippen LogP contribution >= 0.6 is 15.9 Å². The Bertz CT molecular complexity index is 984. The fourth-order valence-corrected chi connectivity index (χ4v) is 3.33. The molecular weight excluding hydrogens is 380 g/mol. The van der Waals surface area contributed by atoms with Crippen molar-refractivity contribution in [3.63, 3.8) is 0 Å². The molecule has 1 atom stereocenters. The lowest BCUT2D eigenvalue weighted by molar-refractivity contribution is -0.116. The minimum absolute atomic E-state index is 0.0410. The molecule has 122 valence electrons. The Kier molecular flexibility index (Phi) is 3.86. The molecule has 0 fully saturated rings. The Morgan fingerprint density at radius 3 is 2.56 bits per heavy atom. The van der Waals surface area contributed by atoms with Gasteiger partial charge in [-0.05, 0) is 42.0 Å². The third-order valence-electron chi connectivity index (χ3n) is 4.32. The predicted molar refractivity (Wildman–Crippen MR) is 97.5 cm³/mol. The SMILES string of the molecule is N#Cc1ccc([C@H]2CC(=O)Nc3c2ncn3-c2ccc(Br)cc2)cc1. The molecule has 1 N–H and O–H groups in total. The van der Waals surface area contributed by atoms with E-state index in [0.29, 0.717) is 17.8 Å². The third-order valence-corrected chi connectivity index (χ3v) is 4.85. The number of aromatic nitrogens is 2. The summed E-state index contributed by atoms with van der Waals surface area (Å²) in [6.07, 6.45) is 2.08. The highest BCUT2D eigenvalue weighted by Gasteiger charge is 2.30. The number of fused-ring (bicyclic) bond motifs is 1. The second-order valence-electron chi connectivity index (χ2n) is 5.86. The van der Waals surface area contributed by atoms with Crippen molar-refractivity contribution < 1.29 is 4.79 Å². The number of amides is 1. The van der Waals surface area contributed by atoms with E-state index in [4.69, 9.17) is 5.26 Å². The second kappa shape index (κ2) is 6.19. The van der Waals surface area contributed by atoms with Crippen LogP contribution in [0.3, 0.4) is 0 Å². The summed E-state index contributed by atoms with van der Waals surface area (Å²) in [5, 5.41) is 11.9. The molecule has 5 nitrogen and oxygen atoms in total. The van der Waals surface area contributed by atoms with Crippen molar-refractivity contribution in [3.8, 4) is 11.8 Å².